The molecule has 1 aromatic heterocycles. The number of likely N-dealkylation sites (tertiary alicyclic amines) is 2. The Labute approximate surface area is 384 Å². The third-order valence-electron chi connectivity index (χ3n) is 14.1. The zero-order valence-electron chi connectivity index (χ0n) is 37.2. The van der Waals surface area contributed by atoms with E-state index in [0.717, 1.165) is 118 Å². The van der Waals surface area contributed by atoms with Crippen molar-refractivity contribution >= 4 is 58.7 Å². The fourth-order valence-electron chi connectivity index (χ4n) is 10.1. The minimum absolute atomic E-state index is 0.00522. The topological polar surface area (TPSA) is 203 Å². The number of nitrogens with one attached hydrogen (secondary N) is 3. The maximum atomic E-state index is 13.3. The van der Waals surface area contributed by atoms with E-state index in [9.17, 15) is 28.8 Å². The second kappa shape index (κ2) is 18.8. The van der Waals surface area contributed by atoms with E-state index in [0.29, 0.717) is 43.6 Å². The fraction of sp³-hybridized carbons (Fsp3) is 0.542. The van der Waals surface area contributed by atoms with Crippen molar-refractivity contribution in [3.63, 3.8) is 0 Å². The molecule has 4 saturated heterocycles. The molecule has 1 unspecified atom stereocenters. The second-order valence-corrected chi connectivity index (χ2v) is 20.6. The van der Waals surface area contributed by atoms with Crippen LogP contribution < -0.4 is 26.6 Å². The molecule has 2 aromatic carbocycles. The zero-order valence-corrected chi connectivity index (χ0v) is 38.0. The maximum absolute atomic E-state index is 13.3. The minimum Gasteiger partial charge on any atom is -0.355 e. The van der Waals surface area contributed by atoms with Crippen LogP contribution in [0.5, 0.6) is 0 Å². The number of hydrogen-bond acceptors (Lipinski definition) is 12. The molecule has 16 nitrogen and oxygen atoms in total. The van der Waals surface area contributed by atoms with Crippen LogP contribution in [0.15, 0.2) is 64.8 Å². The third kappa shape index (κ3) is 10.5. The Morgan fingerprint density at radius 2 is 1.71 bits per heavy atom. The number of amides is 6. The molecule has 5 fully saturated rings. The number of aromatic nitrogens is 2. The summed E-state index contributed by atoms with van der Waals surface area (Å²) < 4.78 is 0. The standard InChI is InChI=1S/C48H60N10O6S/c1-47(49)15-18-56(19-16-47)39-24-52-42(25-50-39)65-34-9-7-8-33(21-34)53-43(61)36-22-37(36)45(63)57-29-48(30-57)27-55(28-48)17-6-4-2-3-5-10-40(59)51-23-31-11-12-35-32(20-31)26-58(46(35)64)38-13-14-41(60)54-44(38)62/h7-9,11-12,20-21,24-25,36-38H,2-6,10,13-19,22-23,26-30,49H2,1H3,(H,51,59)(H,53,61)(H,54,60,62)/t36-,37-,38?/m1/s1. The van der Waals surface area contributed by atoms with Gasteiger partial charge < -0.3 is 36.0 Å². The molecule has 6 amide bonds. The van der Waals surface area contributed by atoms with Gasteiger partial charge in [0.25, 0.3) is 5.91 Å². The molecule has 3 atom stereocenters. The predicted molar refractivity (Wildman–Crippen MR) is 244 cm³/mol. The number of benzene rings is 2. The van der Waals surface area contributed by atoms with Gasteiger partial charge in [0.1, 0.15) is 16.9 Å². The van der Waals surface area contributed by atoms with Gasteiger partial charge in [-0.3, -0.25) is 34.1 Å². The summed E-state index contributed by atoms with van der Waals surface area (Å²) in [6.07, 6.45) is 12.2. The Morgan fingerprint density at radius 3 is 2.48 bits per heavy atom. The van der Waals surface area contributed by atoms with E-state index in [1.54, 1.807) is 12.3 Å². The highest BCUT2D eigenvalue weighted by atomic mass is 32.2. The van der Waals surface area contributed by atoms with Gasteiger partial charge in [0, 0.05) is 92.3 Å². The fourth-order valence-corrected chi connectivity index (χ4v) is 10.9. The lowest BCUT2D eigenvalue weighted by Crippen LogP contribution is -2.73. The lowest BCUT2D eigenvalue weighted by Gasteiger charge is -2.60. The molecule has 6 aliphatic rings. The average Bonchev–Trinajstić information content (AvgIpc) is 4.00. The molecular weight excluding hydrogens is 845 g/mol. The van der Waals surface area contributed by atoms with Crippen LogP contribution >= 0.6 is 11.8 Å². The Bertz CT molecular complexity index is 2320. The van der Waals surface area contributed by atoms with Gasteiger partial charge in [-0.2, -0.15) is 0 Å². The van der Waals surface area contributed by atoms with Crippen molar-refractivity contribution in [2.24, 2.45) is 23.0 Å². The van der Waals surface area contributed by atoms with E-state index in [-0.39, 0.29) is 58.7 Å². The van der Waals surface area contributed by atoms with Crippen LogP contribution in [-0.4, -0.2) is 118 Å². The highest BCUT2D eigenvalue weighted by Gasteiger charge is 2.57. The number of hydrogen-bond donors (Lipinski definition) is 4. The summed E-state index contributed by atoms with van der Waals surface area (Å²) in [4.78, 5) is 94.2. The molecule has 5 N–H and O–H groups in total. The number of imide groups is 1. The highest BCUT2D eigenvalue weighted by Crippen LogP contribution is 2.46. The first-order valence-electron chi connectivity index (χ1n) is 23.3. The summed E-state index contributed by atoms with van der Waals surface area (Å²) in [5, 5.41) is 9.13. The van der Waals surface area contributed by atoms with Crippen molar-refractivity contribution in [2.75, 3.05) is 56.0 Å². The smallest absolute Gasteiger partial charge is 0.255 e. The highest BCUT2D eigenvalue weighted by molar-refractivity contribution is 7.99. The first-order chi connectivity index (χ1) is 31.3. The number of fused-ring (bicyclic) bond motifs is 1. The van der Waals surface area contributed by atoms with Gasteiger partial charge in [-0.05, 0) is 87.4 Å². The molecule has 1 spiro atoms. The summed E-state index contributed by atoms with van der Waals surface area (Å²) in [6, 6.07) is 12.6. The summed E-state index contributed by atoms with van der Waals surface area (Å²) in [7, 11) is 0. The molecule has 17 heteroatoms. The van der Waals surface area contributed by atoms with Crippen LogP contribution in [0.3, 0.4) is 0 Å². The molecule has 6 heterocycles. The summed E-state index contributed by atoms with van der Waals surface area (Å²) in [5.74, 6) is -0.603. The van der Waals surface area contributed by atoms with Crippen LogP contribution in [0.1, 0.15) is 99.0 Å². The molecule has 0 bridgehead atoms. The number of carbonyl (C=O) groups is 6. The number of rotatable bonds is 17. The summed E-state index contributed by atoms with van der Waals surface area (Å²) >= 11 is 1.49. The molecular formula is C48H60N10O6S. The molecule has 0 radical (unpaired) electrons. The van der Waals surface area contributed by atoms with Crippen molar-refractivity contribution in [3.8, 4) is 0 Å². The van der Waals surface area contributed by atoms with Crippen molar-refractivity contribution in [1.82, 2.24) is 35.3 Å². The van der Waals surface area contributed by atoms with E-state index in [1.165, 1.54) is 16.7 Å². The normalized spacial score (nSPS) is 23.1. The lowest BCUT2D eigenvalue weighted by atomic mass is 9.72. The van der Waals surface area contributed by atoms with E-state index in [2.05, 4.69) is 42.6 Å². The van der Waals surface area contributed by atoms with Gasteiger partial charge in [0.05, 0.1) is 24.2 Å². The Kier molecular flexibility index (Phi) is 13.0. The molecule has 344 valence electrons. The minimum atomic E-state index is -0.647. The monoisotopic (exact) mass is 904 g/mol. The van der Waals surface area contributed by atoms with Crippen LogP contribution in [0.25, 0.3) is 0 Å². The van der Waals surface area contributed by atoms with Gasteiger partial charge in [-0.15, -0.1) is 0 Å². The first-order valence-corrected chi connectivity index (χ1v) is 24.1. The molecule has 9 rings (SSSR count). The largest absolute Gasteiger partial charge is 0.355 e. The van der Waals surface area contributed by atoms with Gasteiger partial charge in [0.15, 0.2) is 0 Å². The Balaban J connectivity index is 0.603. The number of carbonyl (C=O) groups excluding carboxylic acids is 6. The predicted octanol–water partition coefficient (Wildman–Crippen LogP) is 4.08. The zero-order chi connectivity index (χ0) is 45.3. The van der Waals surface area contributed by atoms with Crippen LogP contribution in [-0.2, 0) is 37.1 Å². The quantitative estimate of drug-likeness (QED) is 0.112. The van der Waals surface area contributed by atoms with Crippen molar-refractivity contribution in [3.05, 3.63) is 71.5 Å². The Hall–Kier alpha value is -5.39. The molecule has 5 aliphatic heterocycles. The lowest BCUT2D eigenvalue weighted by molar-refractivity contribution is -0.160. The van der Waals surface area contributed by atoms with Gasteiger partial charge >= 0.3 is 0 Å². The van der Waals surface area contributed by atoms with Gasteiger partial charge in [-0.25, -0.2) is 9.97 Å². The van der Waals surface area contributed by atoms with E-state index in [1.807, 2.05) is 47.5 Å². The average molecular weight is 905 g/mol. The number of anilines is 2. The summed E-state index contributed by atoms with van der Waals surface area (Å²) in [5.41, 5.74) is 9.35. The first kappa shape index (κ1) is 44.8. The van der Waals surface area contributed by atoms with Gasteiger partial charge in [0.2, 0.25) is 29.5 Å². The van der Waals surface area contributed by atoms with E-state index in [4.69, 9.17) is 5.73 Å². The summed E-state index contributed by atoms with van der Waals surface area (Å²) in [6.45, 7) is 9.15. The molecule has 65 heavy (non-hydrogen) atoms. The molecule has 1 aliphatic carbocycles. The number of nitrogens with two attached hydrogens (primary N) is 1. The molecule has 3 aromatic rings. The number of piperidine rings is 2. The number of nitrogens with zero attached hydrogens (tertiary/aromatic N) is 6. The molecule has 1 saturated carbocycles. The van der Waals surface area contributed by atoms with E-state index >= 15 is 0 Å². The third-order valence-corrected chi connectivity index (χ3v) is 15.0. The Morgan fingerprint density at radius 1 is 0.923 bits per heavy atom. The maximum Gasteiger partial charge on any atom is 0.255 e. The van der Waals surface area contributed by atoms with Crippen molar-refractivity contribution in [2.45, 2.75) is 112 Å². The number of unbranched alkanes of at least 4 members (excludes halogenated alkanes) is 4. The van der Waals surface area contributed by atoms with Crippen LogP contribution in [0.4, 0.5) is 11.5 Å². The van der Waals surface area contributed by atoms with Crippen LogP contribution in [0, 0.1) is 17.3 Å². The second-order valence-electron chi connectivity index (χ2n) is 19.5. The SMILES string of the molecule is CC1(N)CCN(c2cnc(Sc3cccc(NC(=O)[C@@H]4C[C@H]4C(=O)N4CC5(CN(CCCCCCCC(=O)NCc6ccc7c(c6)CN(C6CCC(=O)NC6=O)C7=O)C5)C4)c3)cn2)CC1. The van der Waals surface area contributed by atoms with E-state index < -0.39 is 11.9 Å². The van der Waals surface area contributed by atoms with Gasteiger partial charge in [-0.1, -0.05) is 49.2 Å². The van der Waals surface area contributed by atoms with Crippen molar-refractivity contribution in [1.29, 1.82) is 0 Å². The van der Waals surface area contributed by atoms with Crippen molar-refractivity contribution < 1.29 is 28.8 Å². The van der Waals surface area contributed by atoms with Crippen LogP contribution in [0.2, 0.25) is 0 Å².